The zero-order valence-electron chi connectivity index (χ0n) is 37.0. The fourth-order valence-electron chi connectivity index (χ4n) is 14.5. The number of para-hydroxylation sites is 1. The van der Waals surface area contributed by atoms with Crippen LogP contribution in [0.1, 0.15) is 124 Å². The topological polar surface area (TPSA) is 3.24 Å². The molecule has 0 aromatic heterocycles. The van der Waals surface area contributed by atoms with Crippen LogP contribution in [0.15, 0.2) is 152 Å². The van der Waals surface area contributed by atoms with Crippen LogP contribution in [-0.2, 0) is 16.2 Å². The first-order valence-electron chi connectivity index (χ1n) is 23.7. The summed E-state index contributed by atoms with van der Waals surface area (Å²) in [5.74, 6) is 4.06. The van der Waals surface area contributed by atoms with Gasteiger partial charge in [0.25, 0.3) is 0 Å². The van der Waals surface area contributed by atoms with Crippen LogP contribution in [0.3, 0.4) is 0 Å². The first kappa shape index (κ1) is 36.9. The van der Waals surface area contributed by atoms with Gasteiger partial charge in [0.1, 0.15) is 0 Å². The molecule has 0 radical (unpaired) electrons. The van der Waals surface area contributed by atoms with Gasteiger partial charge in [-0.2, -0.15) is 0 Å². The number of nitrogens with zero attached hydrogens (tertiary/aromatic N) is 1. The van der Waals surface area contributed by atoms with Crippen molar-refractivity contribution in [1.29, 1.82) is 0 Å². The Labute approximate surface area is 368 Å². The zero-order valence-corrected chi connectivity index (χ0v) is 37.0. The maximum Gasteiger partial charge on any atom is 0.0726 e. The van der Waals surface area contributed by atoms with Gasteiger partial charge in [0.05, 0.1) is 5.41 Å². The summed E-state index contributed by atoms with van der Waals surface area (Å²) in [7, 11) is 0. The Hall–Kier alpha value is -5.66. The molecule has 4 saturated carbocycles. The molecule has 7 aliphatic carbocycles. The molecule has 1 nitrogen and oxygen atoms in total. The SMILES string of the molecule is CC(C)(C)c1ccc2c(c1)C1(c3ccccc3-c3ccc(N(c4ccc5c(c4)-c4ccccc4C5(C)C)c4ccccc4C4CC5CC6CC(C5)CC4C6)cc31)c1ccccc1-2. The molecule has 0 amide bonds. The second-order valence-electron chi connectivity index (χ2n) is 21.8. The Morgan fingerprint density at radius 3 is 1.61 bits per heavy atom. The maximum atomic E-state index is 2.68. The van der Waals surface area contributed by atoms with Crippen LogP contribution in [0.4, 0.5) is 17.1 Å². The molecule has 4 unspecified atom stereocenters. The third-order valence-corrected chi connectivity index (χ3v) is 17.0. The maximum absolute atomic E-state index is 2.68. The van der Waals surface area contributed by atoms with Gasteiger partial charge in [0.15, 0.2) is 0 Å². The Kier molecular flexibility index (Phi) is 7.72. The van der Waals surface area contributed by atoms with Gasteiger partial charge in [-0.1, -0.05) is 156 Å². The van der Waals surface area contributed by atoms with Gasteiger partial charge in [0.2, 0.25) is 0 Å². The van der Waals surface area contributed by atoms with Crippen LogP contribution in [0.2, 0.25) is 0 Å². The molecule has 7 aromatic rings. The van der Waals surface area contributed by atoms with E-state index in [0.717, 1.165) is 23.7 Å². The predicted molar refractivity (Wildman–Crippen MR) is 258 cm³/mol. The lowest BCUT2D eigenvalue weighted by Crippen LogP contribution is -2.28. The van der Waals surface area contributed by atoms with Gasteiger partial charge >= 0.3 is 0 Å². The Morgan fingerprint density at radius 1 is 0.435 bits per heavy atom. The van der Waals surface area contributed by atoms with Crippen molar-refractivity contribution in [2.75, 3.05) is 4.90 Å². The number of benzene rings is 7. The van der Waals surface area contributed by atoms with E-state index in [1.165, 1.54) is 128 Å². The molecule has 7 aromatic carbocycles. The van der Waals surface area contributed by atoms with Crippen LogP contribution in [0.25, 0.3) is 33.4 Å². The van der Waals surface area contributed by atoms with Crippen molar-refractivity contribution in [2.24, 2.45) is 23.7 Å². The highest BCUT2D eigenvalue weighted by molar-refractivity contribution is 5.97. The standard InChI is InChI=1S/C61H57N/c1-59(2,3)41-22-25-47-44-14-7-11-19-54(44)61(56(47)34-41)55-20-12-8-15-45(55)48-26-23-43(36-57(48)61)62(42-24-27-53-51(35-42)46-16-6-10-18-52(46)60(53,4)5)58-21-13-9-17-49(58)50-33-39-29-37-28-38(30-39)32-40(50)31-37/h6-27,34-40,50H,28-33H2,1-5H3. The van der Waals surface area contributed by atoms with E-state index in [9.17, 15) is 0 Å². The summed E-state index contributed by atoms with van der Waals surface area (Å²) in [4.78, 5) is 2.68. The fraction of sp³-hybridized carbons (Fsp3) is 0.311. The third kappa shape index (κ3) is 5.03. The summed E-state index contributed by atoms with van der Waals surface area (Å²) in [6.45, 7) is 11.9. The molecule has 0 aliphatic heterocycles. The smallest absolute Gasteiger partial charge is 0.0726 e. The van der Waals surface area contributed by atoms with E-state index in [2.05, 4.69) is 191 Å². The monoisotopic (exact) mass is 803 g/mol. The molecule has 4 bridgehead atoms. The number of hydrogen-bond acceptors (Lipinski definition) is 1. The molecule has 62 heavy (non-hydrogen) atoms. The lowest BCUT2D eigenvalue weighted by Gasteiger charge is -2.39. The van der Waals surface area contributed by atoms with Gasteiger partial charge in [0, 0.05) is 22.5 Å². The van der Waals surface area contributed by atoms with E-state index in [0.29, 0.717) is 5.92 Å². The normalized spacial score (nSPS) is 25.1. The summed E-state index contributed by atoms with van der Waals surface area (Å²) in [5, 5.41) is 0. The molecular formula is C61H57N. The lowest BCUT2D eigenvalue weighted by atomic mass is 9.67. The Bertz CT molecular complexity index is 2970. The van der Waals surface area contributed by atoms with E-state index < -0.39 is 5.41 Å². The molecule has 1 heteroatoms. The average Bonchev–Trinajstić information content (AvgIpc) is 3.75. The second-order valence-corrected chi connectivity index (χ2v) is 21.8. The van der Waals surface area contributed by atoms with Crippen LogP contribution in [0, 0.1) is 23.7 Å². The van der Waals surface area contributed by atoms with Crippen molar-refractivity contribution in [1.82, 2.24) is 0 Å². The number of hydrogen-bond donors (Lipinski definition) is 0. The third-order valence-electron chi connectivity index (χ3n) is 17.0. The highest BCUT2D eigenvalue weighted by atomic mass is 15.1. The van der Waals surface area contributed by atoms with Gasteiger partial charge in [-0.3, -0.25) is 0 Å². The molecule has 0 N–H and O–H groups in total. The summed E-state index contributed by atoms with van der Waals surface area (Å²) < 4.78 is 0. The first-order valence-corrected chi connectivity index (χ1v) is 23.7. The number of fused-ring (bicyclic) bond motifs is 14. The van der Waals surface area contributed by atoms with E-state index in [-0.39, 0.29) is 10.8 Å². The summed E-state index contributed by atoms with van der Waals surface area (Å²) in [5.41, 5.74) is 22.9. The minimum atomic E-state index is -0.430. The predicted octanol–water partition coefficient (Wildman–Crippen LogP) is 16.0. The fourth-order valence-corrected chi connectivity index (χ4v) is 14.5. The summed E-state index contributed by atoms with van der Waals surface area (Å²) in [6.07, 6.45) is 8.52. The molecular weight excluding hydrogens is 747 g/mol. The van der Waals surface area contributed by atoms with Crippen molar-refractivity contribution in [3.63, 3.8) is 0 Å². The van der Waals surface area contributed by atoms with E-state index in [1.807, 2.05) is 0 Å². The molecule has 0 heterocycles. The largest absolute Gasteiger partial charge is 0.310 e. The number of rotatable bonds is 4. The van der Waals surface area contributed by atoms with E-state index in [1.54, 1.807) is 5.56 Å². The van der Waals surface area contributed by atoms with Gasteiger partial charge in [-0.15, -0.1) is 0 Å². The van der Waals surface area contributed by atoms with Crippen molar-refractivity contribution < 1.29 is 0 Å². The molecule has 14 rings (SSSR count). The quantitative estimate of drug-likeness (QED) is 0.171. The summed E-state index contributed by atoms with van der Waals surface area (Å²) in [6, 6.07) is 59.7. The Morgan fingerprint density at radius 2 is 0.935 bits per heavy atom. The molecule has 4 fully saturated rings. The lowest BCUT2D eigenvalue weighted by molar-refractivity contribution is 0.131. The van der Waals surface area contributed by atoms with Crippen LogP contribution < -0.4 is 4.90 Å². The van der Waals surface area contributed by atoms with Gasteiger partial charge < -0.3 is 4.90 Å². The molecule has 1 spiro atoms. The van der Waals surface area contributed by atoms with E-state index >= 15 is 0 Å². The van der Waals surface area contributed by atoms with Crippen molar-refractivity contribution >= 4 is 17.1 Å². The minimum absolute atomic E-state index is 0.0197. The second kappa shape index (κ2) is 12.9. The number of anilines is 3. The highest BCUT2D eigenvalue weighted by Gasteiger charge is 2.52. The minimum Gasteiger partial charge on any atom is -0.310 e. The van der Waals surface area contributed by atoms with Crippen molar-refractivity contribution in [2.45, 2.75) is 95.3 Å². The Balaban J connectivity index is 1.07. The van der Waals surface area contributed by atoms with Crippen LogP contribution in [-0.4, -0.2) is 0 Å². The van der Waals surface area contributed by atoms with Crippen LogP contribution >= 0.6 is 0 Å². The van der Waals surface area contributed by atoms with Crippen molar-refractivity contribution in [3.8, 4) is 33.4 Å². The molecule has 0 saturated heterocycles. The average molecular weight is 804 g/mol. The van der Waals surface area contributed by atoms with Gasteiger partial charge in [-0.05, 0) is 182 Å². The molecule has 4 atom stereocenters. The zero-order chi connectivity index (χ0) is 41.7. The molecule has 306 valence electrons. The van der Waals surface area contributed by atoms with Crippen molar-refractivity contribution in [3.05, 3.63) is 196 Å². The first-order chi connectivity index (χ1) is 30.1. The summed E-state index contributed by atoms with van der Waals surface area (Å²) >= 11 is 0. The highest BCUT2D eigenvalue weighted by Crippen LogP contribution is 2.64. The van der Waals surface area contributed by atoms with E-state index in [4.69, 9.17) is 0 Å². The van der Waals surface area contributed by atoms with Gasteiger partial charge in [-0.25, -0.2) is 0 Å². The van der Waals surface area contributed by atoms with Crippen LogP contribution in [0.5, 0.6) is 0 Å². The molecule has 7 aliphatic rings.